The maximum atomic E-state index is 11.4. The first-order valence-electron chi connectivity index (χ1n) is 5.31. The Bertz CT molecular complexity index is 311. The fourth-order valence-corrected chi connectivity index (χ4v) is 1.14. The van der Waals surface area contributed by atoms with Crippen LogP contribution in [-0.2, 0) is 6.54 Å². The van der Waals surface area contributed by atoms with Crippen molar-refractivity contribution in [3.63, 3.8) is 0 Å². The van der Waals surface area contributed by atoms with Crippen LogP contribution in [0.25, 0.3) is 0 Å². The van der Waals surface area contributed by atoms with Crippen LogP contribution in [0.5, 0.6) is 0 Å². The smallest absolute Gasteiger partial charge is 0.315 e. The number of carbonyl (C=O) groups is 1. The zero-order valence-corrected chi connectivity index (χ0v) is 9.56. The molecular formula is C11H18N2O3. The minimum absolute atomic E-state index is 0.0364. The minimum Gasteiger partial charge on any atom is -0.467 e. The second-order valence-corrected chi connectivity index (χ2v) is 3.85. The summed E-state index contributed by atoms with van der Waals surface area (Å²) in [5, 5.41) is 14.3. The summed E-state index contributed by atoms with van der Waals surface area (Å²) < 4.78 is 5.07. The molecule has 0 aromatic carbocycles. The highest BCUT2D eigenvalue weighted by molar-refractivity contribution is 5.74. The molecule has 0 saturated carbocycles. The number of hydrogen-bond donors (Lipinski definition) is 3. The molecule has 16 heavy (non-hydrogen) atoms. The van der Waals surface area contributed by atoms with E-state index in [2.05, 4.69) is 10.6 Å². The van der Waals surface area contributed by atoms with Crippen molar-refractivity contribution in [1.82, 2.24) is 10.6 Å². The Kier molecular flexibility index (Phi) is 4.85. The van der Waals surface area contributed by atoms with E-state index in [4.69, 9.17) is 9.52 Å². The summed E-state index contributed by atoms with van der Waals surface area (Å²) in [5.41, 5.74) is 0. The van der Waals surface area contributed by atoms with Crippen molar-refractivity contribution in [2.45, 2.75) is 26.4 Å². The maximum absolute atomic E-state index is 11.4. The van der Waals surface area contributed by atoms with Crippen LogP contribution in [-0.4, -0.2) is 23.8 Å². The lowest BCUT2D eigenvalue weighted by molar-refractivity contribution is 0.200. The van der Waals surface area contributed by atoms with E-state index in [9.17, 15) is 4.79 Å². The molecule has 2 atom stereocenters. The largest absolute Gasteiger partial charge is 0.467 e. The van der Waals surface area contributed by atoms with E-state index < -0.39 is 0 Å². The third kappa shape index (κ3) is 3.94. The molecule has 5 heteroatoms. The summed E-state index contributed by atoms with van der Waals surface area (Å²) in [5.74, 6) is 0.743. The van der Waals surface area contributed by atoms with Gasteiger partial charge in [-0.3, -0.25) is 0 Å². The van der Waals surface area contributed by atoms with Gasteiger partial charge in [-0.05, 0) is 25.0 Å². The molecule has 0 saturated heterocycles. The van der Waals surface area contributed by atoms with Crippen molar-refractivity contribution in [2.75, 3.05) is 6.61 Å². The fraction of sp³-hybridized carbons (Fsp3) is 0.545. The van der Waals surface area contributed by atoms with Gasteiger partial charge in [0, 0.05) is 12.6 Å². The summed E-state index contributed by atoms with van der Waals surface area (Å²) in [6.45, 7) is 4.14. The van der Waals surface area contributed by atoms with E-state index in [-0.39, 0.29) is 24.6 Å². The van der Waals surface area contributed by atoms with Gasteiger partial charge >= 0.3 is 6.03 Å². The summed E-state index contributed by atoms with van der Waals surface area (Å²) in [6, 6.07) is 3.23. The Morgan fingerprint density at radius 3 is 2.88 bits per heavy atom. The molecule has 0 radical (unpaired) electrons. The van der Waals surface area contributed by atoms with Crippen molar-refractivity contribution in [3.8, 4) is 0 Å². The van der Waals surface area contributed by atoms with Crippen molar-refractivity contribution in [3.05, 3.63) is 24.2 Å². The predicted molar refractivity (Wildman–Crippen MR) is 59.8 cm³/mol. The molecule has 0 aliphatic heterocycles. The number of nitrogens with one attached hydrogen (secondary N) is 2. The highest BCUT2D eigenvalue weighted by Crippen LogP contribution is 2.01. The van der Waals surface area contributed by atoms with Crippen LogP contribution >= 0.6 is 0 Å². The van der Waals surface area contributed by atoms with Gasteiger partial charge in [0.15, 0.2) is 0 Å². The number of rotatable bonds is 5. The number of urea groups is 1. The quantitative estimate of drug-likeness (QED) is 0.703. The third-order valence-electron chi connectivity index (χ3n) is 2.50. The van der Waals surface area contributed by atoms with E-state index in [1.54, 1.807) is 18.4 Å². The molecule has 0 bridgehead atoms. The topological polar surface area (TPSA) is 74.5 Å². The monoisotopic (exact) mass is 226 g/mol. The third-order valence-corrected chi connectivity index (χ3v) is 2.50. The molecule has 1 aromatic heterocycles. The normalized spacial score (nSPS) is 14.2. The lowest BCUT2D eigenvalue weighted by atomic mass is 10.1. The Hall–Kier alpha value is -1.49. The highest BCUT2D eigenvalue weighted by Gasteiger charge is 2.13. The maximum Gasteiger partial charge on any atom is 0.315 e. The first-order valence-corrected chi connectivity index (χ1v) is 5.31. The van der Waals surface area contributed by atoms with Gasteiger partial charge in [0.2, 0.25) is 0 Å². The van der Waals surface area contributed by atoms with Gasteiger partial charge in [0.05, 0.1) is 12.8 Å². The molecular weight excluding hydrogens is 208 g/mol. The molecule has 2 amide bonds. The van der Waals surface area contributed by atoms with Gasteiger partial charge in [-0.1, -0.05) is 6.92 Å². The molecule has 0 spiro atoms. The van der Waals surface area contributed by atoms with Crippen LogP contribution in [0.1, 0.15) is 19.6 Å². The number of aliphatic hydroxyl groups excluding tert-OH is 1. The summed E-state index contributed by atoms with van der Waals surface area (Å²) in [6.07, 6.45) is 1.56. The number of aliphatic hydroxyl groups is 1. The Morgan fingerprint density at radius 1 is 1.56 bits per heavy atom. The zero-order valence-electron chi connectivity index (χ0n) is 9.56. The predicted octanol–water partition coefficient (Wildman–Crippen LogP) is 1.10. The zero-order chi connectivity index (χ0) is 12.0. The molecule has 3 N–H and O–H groups in total. The second-order valence-electron chi connectivity index (χ2n) is 3.85. The summed E-state index contributed by atoms with van der Waals surface area (Å²) >= 11 is 0. The number of amides is 2. The number of furan rings is 1. The first-order chi connectivity index (χ1) is 7.63. The van der Waals surface area contributed by atoms with Gasteiger partial charge in [-0.2, -0.15) is 0 Å². The van der Waals surface area contributed by atoms with Crippen LogP contribution in [0.3, 0.4) is 0 Å². The molecule has 0 aliphatic carbocycles. The van der Waals surface area contributed by atoms with Gasteiger partial charge in [0.25, 0.3) is 0 Å². The van der Waals surface area contributed by atoms with Crippen LogP contribution in [0.4, 0.5) is 4.79 Å². The Balaban J connectivity index is 2.25. The highest BCUT2D eigenvalue weighted by atomic mass is 16.3. The van der Waals surface area contributed by atoms with E-state index in [0.29, 0.717) is 12.3 Å². The van der Waals surface area contributed by atoms with Gasteiger partial charge in [-0.15, -0.1) is 0 Å². The van der Waals surface area contributed by atoms with E-state index >= 15 is 0 Å². The Labute approximate surface area is 94.8 Å². The summed E-state index contributed by atoms with van der Waals surface area (Å²) in [7, 11) is 0. The standard InChI is InChI=1S/C11H18N2O3/c1-8(7-14)9(2)13-11(15)12-6-10-4-3-5-16-10/h3-5,8-9,14H,6-7H2,1-2H3,(H2,12,13,15). The van der Waals surface area contributed by atoms with E-state index in [0.717, 1.165) is 0 Å². The SMILES string of the molecule is CC(CO)C(C)NC(=O)NCc1ccco1. The first kappa shape index (κ1) is 12.6. The van der Waals surface area contributed by atoms with Gasteiger partial charge in [0.1, 0.15) is 5.76 Å². The molecule has 2 unspecified atom stereocenters. The van der Waals surface area contributed by atoms with Crippen molar-refractivity contribution in [2.24, 2.45) is 5.92 Å². The molecule has 1 rings (SSSR count). The summed E-state index contributed by atoms with van der Waals surface area (Å²) in [4.78, 5) is 11.4. The average molecular weight is 226 g/mol. The van der Waals surface area contributed by atoms with Crippen LogP contribution < -0.4 is 10.6 Å². The molecule has 0 fully saturated rings. The van der Waals surface area contributed by atoms with E-state index in [1.807, 2.05) is 13.8 Å². The molecule has 5 nitrogen and oxygen atoms in total. The molecule has 1 aromatic rings. The van der Waals surface area contributed by atoms with Crippen LogP contribution in [0.15, 0.2) is 22.8 Å². The van der Waals surface area contributed by atoms with Crippen LogP contribution in [0.2, 0.25) is 0 Å². The average Bonchev–Trinajstić information content (AvgIpc) is 2.78. The fourth-order valence-electron chi connectivity index (χ4n) is 1.14. The van der Waals surface area contributed by atoms with Crippen molar-refractivity contribution in [1.29, 1.82) is 0 Å². The lowest BCUT2D eigenvalue weighted by Crippen LogP contribution is -2.43. The molecule has 1 heterocycles. The second kappa shape index (κ2) is 6.17. The van der Waals surface area contributed by atoms with Gasteiger partial charge < -0.3 is 20.2 Å². The van der Waals surface area contributed by atoms with Gasteiger partial charge in [-0.25, -0.2) is 4.79 Å². The van der Waals surface area contributed by atoms with Crippen molar-refractivity contribution < 1.29 is 14.3 Å². The van der Waals surface area contributed by atoms with Crippen molar-refractivity contribution >= 4 is 6.03 Å². The van der Waals surface area contributed by atoms with Crippen LogP contribution in [0, 0.1) is 5.92 Å². The van der Waals surface area contributed by atoms with E-state index in [1.165, 1.54) is 0 Å². The lowest BCUT2D eigenvalue weighted by Gasteiger charge is -2.19. The Morgan fingerprint density at radius 2 is 2.31 bits per heavy atom. The molecule has 0 aliphatic rings. The number of carbonyl (C=O) groups excluding carboxylic acids is 1. The minimum atomic E-state index is -0.260. The molecule has 90 valence electrons. The number of hydrogen-bond acceptors (Lipinski definition) is 3.